The molecule has 0 aliphatic heterocycles. The summed E-state index contributed by atoms with van der Waals surface area (Å²) >= 11 is 0. The van der Waals surface area contributed by atoms with Crippen LogP contribution in [0.1, 0.15) is 16.7 Å². The summed E-state index contributed by atoms with van der Waals surface area (Å²) in [4.78, 5) is 0. The Morgan fingerprint density at radius 2 is 0.519 bits per heavy atom. The fourth-order valence-electron chi connectivity index (χ4n) is 1.74. The van der Waals surface area contributed by atoms with E-state index in [-0.39, 0.29) is 16.7 Å². The smallest absolute Gasteiger partial charge is 0.129 e. The van der Waals surface area contributed by atoms with Gasteiger partial charge < -0.3 is 0 Å². The van der Waals surface area contributed by atoms with Crippen molar-refractivity contribution in [2.45, 2.75) is 20.8 Å². The highest BCUT2D eigenvalue weighted by atomic mass is 19.2. The van der Waals surface area contributed by atoms with Crippen molar-refractivity contribution in [3.05, 3.63) is 106 Å². The van der Waals surface area contributed by atoms with E-state index >= 15 is 0 Å². The van der Waals surface area contributed by atoms with Crippen LogP contribution in [-0.2, 0) is 0 Å². The van der Waals surface area contributed by atoms with E-state index in [9.17, 15) is 26.3 Å². The van der Waals surface area contributed by atoms with Crippen LogP contribution in [0.15, 0.2) is 54.6 Å². The number of hydrogen-bond donors (Lipinski definition) is 0. The maximum absolute atomic E-state index is 12.3. The quantitative estimate of drug-likeness (QED) is 0.373. The van der Waals surface area contributed by atoms with Crippen LogP contribution >= 0.6 is 0 Å². The molecule has 3 aromatic rings. The third-order valence-corrected chi connectivity index (χ3v) is 3.60. The van der Waals surface area contributed by atoms with E-state index in [1.54, 1.807) is 0 Å². The molecule has 144 valence electrons. The van der Waals surface area contributed by atoms with E-state index in [0.29, 0.717) is 0 Å². The second-order valence-corrected chi connectivity index (χ2v) is 5.54. The van der Waals surface area contributed by atoms with Crippen LogP contribution < -0.4 is 0 Å². The molecule has 6 heteroatoms. The molecular weight excluding hydrogens is 366 g/mol. The highest BCUT2D eigenvalue weighted by molar-refractivity contribution is 5.18. The van der Waals surface area contributed by atoms with E-state index in [1.807, 2.05) is 0 Å². The van der Waals surface area contributed by atoms with Crippen molar-refractivity contribution in [2.75, 3.05) is 0 Å². The van der Waals surface area contributed by atoms with Gasteiger partial charge in [0, 0.05) is 16.7 Å². The van der Waals surface area contributed by atoms with Gasteiger partial charge in [-0.3, -0.25) is 0 Å². The number of hydrogen-bond acceptors (Lipinski definition) is 0. The van der Waals surface area contributed by atoms with E-state index in [0.717, 1.165) is 0 Å². The normalized spacial score (nSPS) is 9.67. The molecule has 0 unspecified atom stereocenters. The minimum Gasteiger partial charge on any atom is -0.207 e. The molecule has 0 aliphatic carbocycles. The molecule has 0 N–H and O–H groups in total. The molecule has 0 bridgehead atoms. The lowest BCUT2D eigenvalue weighted by Gasteiger charge is -1.94. The largest absolute Gasteiger partial charge is 0.207 e. The highest BCUT2D eigenvalue weighted by Crippen LogP contribution is 2.10. The van der Waals surface area contributed by atoms with Crippen molar-refractivity contribution >= 4 is 0 Å². The van der Waals surface area contributed by atoms with Gasteiger partial charge in [0.2, 0.25) is 0 Å². The lowest BCUT2D eigenvalue weighted by atomic mass is 10.2. The number of benzene rings is 3. The molecule has 0 saturated heterocycles. The Labute approximate surface area is 154 Å². The van der Waals surface area contributed by atoms with Crippen LogP contribution in [0, 0.1) is 55.7 Å². The molecule has 0 nitrogen and oxygen atoms in total. The average molecular weight is 384 g/mol. The number of rotatable bonds is 0. The van der Waals surface area contributed by atoms with E-state index < -0.39 is 34.9 Å². The van der Waals surface area contributed by atoms with Gasteiger partial charge in [-0.1, -0.05) is 18.2 Å². The average Bonchev–Trinajstić information content (AvgIpc) is 2.63. The lowest BCUT2D eigenvalue weighted by Crippen LogP contribution is -1.85. The predicted octanol–water partition coefficient (Wildman–Crippen LogP) is 6.82. The molecule has 0 spiro atoms. The molecule has 0 saturated carbocycles. The van der Waals surface area contributed by atoms with Gasteiger partial charge in [0.15, 0.2) is 0 Å². The van der Waals surface area contributed by atoms with E-state index in [4.69, 9.17) is 0 Å². The molecule has 0 fully saturated rings. The first kappa shape index (κ1) is 22.3. The van der Waals surface area contributed by atoms with E-state index in [2.05, 4.69) is 0 Å². The van der Waals surface area contributed by atoms with Crippen LogP contribution in [0.5, 0.6) is 0 Å². The molecular formula is C21H18F6. The first-order valence-electron chi connectivity index (χ1n) is 7.87. The summed E-state index contributed by atoms with van der Waals surface area (Å²) in [5.41, 5.74) is 0.243. The standard InChI is InChI=1S/3C7H6F2/c3*1-5-6(8)3-2-4-7(5)9/h3*2-4H,1H3. The molecule has 0 aromatic heterocycles. The summed E-state index contributed by atoms with van der Waals surface area (Å²) in [6.45, 7) is 4.22. The summed E-state index contributed by atoms with van der Waals surface area (Å²) < 4.78 is 74.0. The minimum atomic E-state index is -0.491. The van der Waals surface area contributed by atoms with Crippen LogP contribution in [0.25, 0.3) is 0 Å². The van der Waals surface area contributed by atoms with Crippen LogP contribution in [-0.4, -0.2) is 0 Å². The molecule has 0 radical (unpaired) electrons. The fraction of sp³-hybridized carbons (Fsp3) is 0.143. The SMILES string of the molecule is Cc1c(F)cccc1F.Cc1c(F)cccc1F.Cc1c(F)cccc1F. The summed E-state index contributed by atoms with van der Waals surface area (Å²) in [5.74, 6) is -2.94. The highest BCUT2D eigenvalue weighted by Gasteiger charge is 2.01. The van der Waals surface area contributed by atoms with Crippen LogP contribution in [0.2, 0.25) is 0 Å². The zero-order valence-electron chi connectivity index (χ0n) is 15.0. The monoisotopic (exact) mass is 384 g/mol. The van der Waals surface area contributed by atoms with Gasteiger partial charge >= 0.3 is 0 Å². The topological polar surface area (TPSA) is 0 Å². The Kier molecular flexibility index (Phi) is 8.59. The van der Waals surface area contributed by atoms with E-state index in [1.165, 1.54) is 75.4 Å². The predicted molar refractivity (Wildman–Crippen MR) is 93.3 cm³/mol. The Bertz CT molecular complexity index is 711. The third kappa shape index (κ3) is 6.81. The molecule has 3 aromatic carbocycles. The zero-order valence-corrected chi connectivity index (χ0v) is 15.0. The van der Waals surface area contributed by atoms with Crippen molar-refractivity contribution in [3.63, 3.8) is 0 Å². The van der Waals surface area contributed by atoms with Crippen molar-refractivity contribution in [2.24, 2.45) is 0 Å². The summed E-state index contributed by atoms with van der Waals surface area (Å²) in [5, 5.41) is 0. The molecule has 3 rings (SSSR count). The van der Waals surface area contributed by atoms with Crippen molar-refractivity contribution in [3.8, 4) is 0 Å². The maximum atomic E-state index is 12.3. The second-order valence-electron chi connectivity index (χ2n) is 5.54. The van der Waals surface area contributed by atoms with Gasteiger partial charge in [-0.05, 0) is 57.2 Å². The molecule has 27 heavy (non-hydrogen) atoms. The molecule has 0 amide bonds. The Hall–Kier alpha value is -2.76. The Balaban J connectivity index is 0.000000202. The first-order valence-corrected chi connectivity index (χ1v) is 7.87. The van der Waals surface area contributed by atoms with Crippen molar-refractivity contribution in [1.29, 1.82) is 0 Å². The summed E-state index contributed by atoms with van der Waals surface area (Å²) in [6.07, 6.45) is 0. The summed E-state index contributed by atoms with van der Waals surface area (Å²) in [7, 11) is 0. The van der Waals surface area contributed by atoms with Crippen molar-refractivity contribution < 1.29 is 26.3 Å². The van der Waals surface area contributed by atoms with Gasteiger partial charge in [-0.25, -0.2) is 26.3 Å². The van der Waals surface area contributed by atoms with Gasteiger partial charge in [0.25, 0.3) is 0 Å². The third-order valence-electron chi connectivity index (χ3n) is 3.60. The Morgan fingerprint density at radius 1 is 0.370 bits per heavy atom. The van der Waals surface area contributed by atoms with Crippen LogP contribution in [0.4, 0.5) is 26.3 Å². The molecule has 0 heterocycles. The maximum Gasteiger partial charge on any atom is 0.129 e. The zero-order chi connectivity index (χ0) is 20.6. The second kappa shape index (κ2) is 10.4. The van der Waals surface area contributed by atoms with Gasteiger partial charge in [-0.2, -0.15) is 0 Å². The van der Waals surface area contributed by atoms with Gasteiger partial charge in [0.1, 0.15) is 34.9 Å². The number of halogens is 6. The van der Waals surface area contributed by atoms with Crippen molar-refractivity contribution in [1.82, 2.24) is 0 Å². The lowest BCUT2D eigenvalue weighted by molar-refractivity contribution is 0.567. The fourth-order valence-corrected chi connectivity index (χ4v) is 1.74. The van der Waals surface area contributed by atoms with Gasteiger partial charge in [0.05, 0.1) is 0 Å². The van der Waals surface area contributed by atoms with Gasteiger partial charge in [-0.15, -0.1) is 0 Å². The molecule has 0 atom stereocenters. The minimum absolute atomic E-state index is 0.0810. The molecule has 0 aliphatic rings. The van der Waals surface area contributed by atoms with Crippen LogP contribution in [0.3, 0.4) is 0 Å². The summed E-state index contributed by atoms with van der Waals surface area (Å²) in [6, 6.07) is 11.4. The Morgan fingerprint density at radius 3 is 0.630 bits per heavy atom. The first-order chi connectivity index (χ1) is 12.6.